The zero-order valence-corrected chi connectivity index (χ0v) is 12.1. The molecule has 1 aromatic rings. The molecule has 3 rings (SSSR count). The molecule has 2 N–H and O–H groups in total. The lowest BCUT2D eigenvalue weighted by Gasteiger charge is -2.30. The molecule has 0 unspecified atom stereocenters. The molecule has 7 nitrogen and oxygen atoms in total. The highest BCUT2D eigenvalue weighted by Gasteiger charge is 2.36. The molecule has 1 aromatic heterocycles. The lowest BCUT2D eigenvalue weighted by molar-refractivity contribution is -0.00889. The number of anilines is 1. The van der Waals surface area contributed by atoms with E-state index < -0.39 is 0 Å². The summed E-state index contributed by atoms with van der Waals surface area (Å²) in [5, 5.41) is 14.1. The smallest absolute Gasteiger partial charge is 0.321 e. The minimum absolute atomic E-state index is 0.171. The zero-order valence-electron chi connectivity index (χ0n) is 11.3. The number of aromatic nitrogens is 2. The molecule has 0 aromatic carbocycles. The Morgan fingerprint density at radius 2 is 2.25 bits per heavy atom. The van der Waals surface area contributed by atoms with Gasteiger partial charge in [0.1, 0.15) is 0 Å². The zero-order chi connectivity index (χ0) is 13.9. The normalized spacial score (nSPS) is 26.1. The predicted octanol–water partition coefficient (Wildman–Crippen LogP) is 1.63. The number of urea groups is 1. The van der Waals surface area contributed by atoms with Gasteiger partial charge in [-0.25, -0.2) is 4.79 Å². The molecule has 110 valence electrons. The number of ether oxygens (including phenoxy) is 2. The van der Waals surface area contributed by atoms with Crippen LogP contribution in [0.4, 0.5) is 9.93 Å². The molecule has 20 heavy (non-hydrogen) atoms. The second kappa shape index (κ2) is 5.92. The van der Waals surface area contributed by atoms with E-state index in [2.05, 4.69) is 20.8 Å². The largest absolute Gasteiger partial charge is 0.472 e. The number of nitrogens with one attached hydrogen (secondary N) is 2. The van der Waals surface area contributed by atoms with E-state index in [0.29, 0.717) is 22.3 Å². The maximum atomic E-state index is 11.9. The van der Waals surface area contributed by atoms with Crippen molar-refractivity contribution in [2.75, 3.05) is 19.0 Å². The molecular weight excluding hydrogens is 280 g/mol. The summed E-state index contributed by atoms with van der Waals surface area (Å²) in [6.45, 7) is 0.721. The van der Waals surface area contributed by atoms with Crippen molar-refractivity contribution in [1.82, 2.24) is 15.5 Å². The molecule has 0 spiro atoms. The average Bonchev–Trinajstić information content (AvgIpc) is 3.20. The highest BCUT2D eigenvalue weighted by atomic mass is 32.1. The van der Waals surface area contributed by atoms with Crippen LogP contribution in [-0.2, 0) is 4.74 Å². The van der Waals surface area contributed by atoms with Gasteiger partial charge in [-0.3, -0.25) is 5.32 Å². The fraction of sp³-hybridized carbons (Fsp3) is 0.750. The maximum Gasteiger partial charge on any atom is 0.321 e. The van der Waals surface area contributed by atoms with Gasteiger partial charge in [-0.2, -0.15) is 0 Å². The van der Waals surface area contributed by atoms with Gasteiger partial charge in [0, 0.05) is 12.6 Å². The number of carbonyl (C=O) groups is 1. The van der Waals surface area contributed by atoms with Crippen LogP contribution in [0.15, 0.2) is 0 Å². The van der Waals surface area contributed by atoms with Crippen LogP contribution >= 0.6 is 11.3 Å². The van der Waals surface area contributed by atoms with Crippen LogP contribution in [0.3, 0.4) is 0 Å². The second-order valence-corrected chi connectivity index (χ2v) is 6.08. The van der Waals surface area contributed by atoms with E-state index in [0.717, 1.165) is 19.4 Å². The van der Waals surface area contributed by atoms with Crippen LogP contribution in [0.5, 0.6) is 5.19 Å². The quantitative estimate of drug-likeness (QED) is 0.882. The lowest BCUT2D eigenvalue weighted by Crippen LogP contribution is -2.44. The van der Waals surface area contributed by atoms with Gasteiger partial charge in [0.15, 0.2) is 0 Å². The van der Waals surface area contributed by atoms with Crippen LogP contribution in [0.1, 0.15) is 25.7 Å². The highest BCUT2D eigenvalue weighted by molar-refractivity contribution is 7.17. The van der Waals surface area contributed by atoms with E-state index in [1.807, 2.05) is 0 Å². The van der Waals surface area contributed by atoms with Gasteiger partial charge in [0.2, 0.25) is 5.13 Å². The summed E-state index contributed by atoms with van der Waals surface area (Å²) in [5.74, 6) is 0.704. The molecule has 1 aliphatic carbocycles. The SMILES string of the molecule is COc1nnc(NC(=O)N[C@H]2CCO[C@@H](C3CC3)C2)s1. The molecule has 2 fully saturated rings. The van der Waals surface area contributed by atoms with Gasteiger partial charge in [-0.1, -0.05) is 5.10 Å². The topological polar surface area (TPSA) is 85.4 Å². The number of nitrogens with zero attached hydrogens (tertiary/aromatic N) is 2. The van der Waals surface area contributed by atoms with Crippen molar-refractivity contribution in [3.8, 4) is 5.19 Å². The van der Waals surface area contributed by atoms with Crippen LogP contribution in [-0.4, -0.2) is 42.1 Å². The Morgan fingerprint density at radius 3 is 2.95 bits per heavy atom. The molecule has 1 saturated carbocycles. The number of hydrogen-bond acceptors (Lipinski definition) is 6. The van der Waals surface area contributed by atoms with Crippen molar-refractivity contribution < 1.29 is 14.3 Å². The van der Waals surface area contributed by atoms with Gasteiger partial charge in [-0.15, -0.1) is 5.10 Å². The molecule has 8 heteroatoms. The number of carbonyl (C=O) groups excluding carboxylic acids is 1. The van der Waals surface area contributed by atoms with Crippen molar-refractivity contribution in [1.29, 1.82) is 0 Å². The van der Waals surface area contributed by atoms with E-state index in [1.165, 1.54) is 31.3 Å². The van der Waals surface area contributed by atoms with E-state index in [9.17, 15) is 4.79 Å². The van der Waals surface area contributed by atoms with E-state index in [-0.39, 0.29) is 12.1 Å². The standard InChI is InChI=1S/C12H18N4O3S/c1-18-12-16-15-11(20-12)14-10(17)13-8-4-5-19-9(6-8)7-2-3-7/h7-9H,2-6H2,1H3,(H2,13,14,15,17)/t8-,9+/m0/s1. The first-order valence-electron chi connectivity index (χ1n) is 6.81. The van der Waals surface area contributed by atoms with Gasteiger partial charge >= 0.3 is 6.03 Å². The van der Waals surface area contributed by atoms with Crippen molar-refractivity contribution in [3.05, 3.63) is 0 Å². The molecule has 0 bridgehead atoms. The molecular formula is C12H18N4O3S. The molecule has 1 saturated heterocycles. The van der Waals surface area contributed by atoms with Gasteiger partial charge in [0.05, 0.1) is 13.2 Å². The van der Waals surface area contributed by atoms with E-state index in [1.54, 1.807) is 0 Å². The van der Waals surface area contributed by atoms with Crippen LogP contribution < -0.4 is 15.4 Å². The third kappa shape index (κ3) is 3.37. The average molecular weight is 298 g/mol. The first-order chi connectivity index (χ1) is 9.74. The lowest BCUT2D eigenvalue weighted by atomic mass is 10.0. The Morgan fingerprint density at radius 1 is 1.40 bits per heavy atom. The van der Waals surface area contributed by atoms with Crippen LogP contribution in [0.25, 0.3) is 0 Å². The maximum absolute atomic E-state index is 11.9. The molecule has 2 atom stereocenters. The molecule has 2 amide bonds. The summed E-state index contributed by atoms with van der Waals surface area (Å²) in [4.78, 5) is 11.9. The minimum Gasteiger partial charge on any atom is -0.472 e. The van der Waals surface area contributed by atoms with Gasteiger partial charge in [0.25, 0.3) is 5.19 Å². The third-order valence-electron chi connectivity index (χ3n) is 3.60. The van der Waals surface area contributed by atoms with Gasteiger partial charge in [-0.05, 0) is 42.9 Å². The predicted molar refractivity (Wildman–Crippen MR) is 74.1 cm³/mol. The Kier molecular flexibility index (Phi) is 4.02. The molecule has 0 radical (unpaired) electrons. The molecule has 1 aliphatic heterocycles. The first-order valence-corrected chi connectivity index (χ1v) is 7.63. The fourth-order valence-corrected chi connectivity index (χ4v) is 2.97. The Labute approximate surface area is 121 Å². The summed E-state index contributed by atoms with van der Waals surface area (Å²) in [5.41, 5.74) is 0. The van der Waals surface area contributed by atoms with Crippen LogP contribution in [0, 0.1) is 5.92 Å². The summed E-state index contributed by atoms with van der Waals surface area (Å²) >= 11 is 1.20. The van der Waals surface area contributed by atoms with Crippen LogP contribution in [0.2, 0.25) is 0 Å². The van der Waals surface area contributed by atoms with Crippen molar-refractivity contribution in [3.63, 3.8) is 0 Å². The molecule has 2 aliphatic rings. The Hall–Kier alpha value is -1.41. The summed E-state index contributed by atoms with van der Waals surface area (Å²) in [6.07, 6.45) is 4.59. The van der Waals surface area contributed by atoms with E-state index >= 15 is 0 Å². The summed E-state index contributed by atoms with van der Waals surface area (Å²) in [6, 6.07) is -0.0746. The Balaban J connectivity index is 1.47. The van der Waals surface area contributed by atoms with Crippen molar-refractivity contribution in [2.45, 2.75) is 37.8 Å². The number of methoxy groups -OCH3 is 1. The minimum atomic E-state index is -0.245. The number of hydrogen-bond donors (Lipinski definition) is 2. The second-order valence-electron chi connectivity index (χ2n) is 5.14. The summed E-state index contributed by atoms with van der Waals surface area (Å²) < 4.78 is 10.7. The van der Waals surface area contributed by atoms with E-state index in [4.69, 9.17) is 9.47 Å². The monoisotopic (exact) mass is 298 g/mol. The first kappa shape index (κ1) is 13.6. The molecule has 2 heterocycles. The number of rotatable bonds is 4. The van der Waals surface area contributed by atoms with Gasteiger partial charge < -0.3 is 14.8 Å². The van der Waals surface area contributed by atoms with Crippen molar-refractivity contribution in [2.24, 2.45) is 5.92 Å². The third-order valence-corrected chi connectivity index (χ3v) is 4.40. The number of amides is 2. The summed E-state index contributed by atoms with van der Waals surface area (Å²) in [7, 11) is 1.52. The highest BCUT2D eigenvalue weighted by Crippen LogP contribution is 2.38. The van der Waals surface area contributed by atoms with Crippen molar-refractivity contribution >= 4 is 22.5 Å². The fourth-order valence-electron chi connectivity index (χ4n) is 2.42. The Bertz CT molecular complexity index is 477.